The largest absolute Gasteiger partial charge is 0.448 e. The van der Waals surface area contributed by atoms with Gasteiger partial charge in [-0.2, -0.15) is 0 Å². The molecule has 0 aliphatic heterocycles. The van der Waals surface area contributed by atoms with Gasteiger partial charge in [0.25, 0.3) is 0 Å². The van der Waals surface area contributed by atoms with Crippen LogP contribution < -0.4 is 5.73 Å². The van der Waals surface area contributed by atoms with Gasteiger partial charge in [0.1, 0.15) is 0 Å². The molecule has 0 aromatic carbocycles. The monoisotopic (exact) mass is 214 g/mol. The van der Waals surface area contributed by atoms with E-state index in [4.69, 9.17) is 5.73 Å². The second kappa shape index (κ2) is 11.3. The van der Waals surface area contributed by atoms with Crippen molar-refractivity contribution in [1.29, 1.82) is 0 Å². The Morgan fingerprint density at radius 3 is 1.87 bits per heavy atom. The van der Waals surface area contributed by atoms with E-state index in [0.29, 0.717) is 6.61 Å². The number of rotatable bonds is 10. The molecular weight excluding hydrogens is 190 g/mol. The van der Waals surface area contributed by atoms with Gasteiger partial charge in [0.05, 0.1) is 6.61 Å². The molecule has 0 saturated heterocycles. The van der Waals surface area contributed by atoms with E-state index in [0.717, 1.165) is 12.8 Å². The minimum atomic E-state index is -0.908. The minimum Gasteiger partial charge on any atom is -0.448 e. The molecule has 0 aromatic heterocycles. The lowest BCUT2D eigenvalue weighted by Gasteiger charge is -2.02. The van der Waals surface area contributed by atoms with Crippen LogP contribution in [0.25, 0.3) is 0 Å². The van der Waals surface area contributed by atoms with Crippen molar-refractivity contribution in [2.75, 3.05) is 6.61 Å². The van der Waals surface area contributed by atoms with Gasteiger partial charge in [-0.3, -0.25) is 0 Å². The molecule has 3 heteroatoms. The number of amides is 1. The van der Waals surface area contributed by atoms with E-state index in [1.807, 2.05) is 0 Å². The Balaban J connectivity index is 2.89. The Kier molecular flexibility index (Phi) is 10.8. The van der Waals surface area contributed by atoms with Crippen LogP contribution in [0.2, 0.25) is 0 Å². The predicted molar refractivity (Wildman–Crippen MR) is 61.7 cm³/mol. The molecule has 0 atom stereocenters. The number of ether oxygens (including phenoxy) is 1. The maximum absolute atomic E-state index is 10.1. The lowest BCUT2D eigenvalue weighted by Crippen LogP contribution is -2.03. The van der Waals surface area contributed by atoms with Gasteiger partial charge >= 0.3 is 6.09 Å². The van der Waals surface area contributed by atoms with Crippen molar-refractivity contribution in [3.05, 3.63) is 0 Å². The highest BCUT2D eigenvalue weighted by Gasteiger charge is 1.95. The van der Waals surface area contributed by atoms with Crippen LogP contribution in [-0.2, 0) is 4.74 Å². The van der Waals surface area contributed by atoms with Crippen molar-refractivity contribution in [2.24, 2.45) is 0 Å². The molecule has 0 saturated carbocycles. The molecule has 0 spiro atoms. The highest BCUT2D eigenvalue weighted by atomic mass is 16.5. The molecule has 0 aromatic rings. The zero-order valence-corrected chi connectivity index (χ0v) is 9.89. The van der Waals surface area contributed by atoms with E-state index in [2.05, 4.69) is 11.7 Å². The van der Waals surface area contributed by atoms with E-state index in [-0.39, 0.29) is 0 Å². The fraction of sp³-hybridized carbons (Fsp3) is 0.917. The number of hydrogen-bond acceptors (Lipinski definition) is 2. The fourth-order valence-electron chi connectivity index (χ4n) is 1.58. The lowest BCUT2D eigenvalue weighted by molar-refractivity contribution is 0.152. The summed E-state index contributed by atoms with van der Waals surface area (Å²) in [6, 6.07) is 0. The molecule has 0 aliphatic rings. The SMILES string of the molecule is CCCCCCCCCCCOC([NH])=O. The Morgan fingerprint density at radius 1 is 0.933 bits per heavy atom. The van der Waals surface area contributed by atoms with Gasteiger partial charge in [0, 0.05) is 0 Å². The molecule has 89 valence electrons. The molecule has 0 fully saturated rings. The first-order valence-corrected chi connectivity index (χ1v) is 6.15. The van der Waals surface area contributed by atoms with Crippen molar-refractivity contribution in [3.63, 3.8) is 0 Å². The van der Waals surface area contributed by atoms with Crippen LogP contribution in [-0.4, -0.2) is 12.7 Å². The van der Waals surface area contributed by atoms with Gasteiger partial charge in [-0.1, -0.05) is 58.3 Å². The summed E-state index contributed by atoms with van der Waals surface area (Å²) in [5.74, 6) is 0. The fourth-order valence-corrected chi connectivity index (χ4v) is 1.58. The Bertz CT molecular complexity index is 149. The van der Waals surface area contributed by atoms with E-state index in [1.54, 1.807) is 0 Å². The number of nitrogens with one attached hydrogen (secondary N) is 1. The van der Waals surface area contributed by atoms with Crippen LogP contribution in [0.5, 0.6) is 0 Å². The number of carbonyl (C=O) groups is 1. The highest BCUT2D eigenvalue weighted by Crippen LogP contribution is 2.09. The maximum atomic E-state index is 10.1. The van der Waals surface area contributed by atoms with Crippen molar-refractivity contribution in [1.82, 2.24) is 5.73 Å². The molecule has 3 nitrogen and oxygen atoms in total. The average Bonchev–Trinajstić information content (AvgIpc) is 2.20. The van der Waals surface area contributed by atoms with Crippen LogP contribution in [0.3, 0.4) is 0 Å². The molecule has 0 heterocycles. The van der Waals surface area contributed by atoms with Crippen molar-refractivity contribution in [3.8, 4) is 0 Å². The van der Waals surface area contributed by atoms with E-state index < -0.39 is 6.09 Å². The molecule has 0 unspecified atom stereocenters. The average molecular weight is 214 g/mol. The van der Waals surface area contributed by atoms with Gasteiger partial charge in [0.2, 0.25) is 0 Å². The summed E-state index contributed by atoms with van der Waals surface area (Å²) in [7, 11) is 0. The van der Waals surface area contributed by atoms with Crippen molar-refractivity contribution >= 4 is 6.09 Å². The number of hydrogen-bond donors (Lipinski definition) is 0. The van der Waals surface area contributed by atoms with Crippen LogP contribution >= 0.6 is 0 Å². The summed E-state index contributed by atoms with van der Waals surface area (Å²) in [5, 5.41) is 0. The van der Waals surface area contributed by atoms with Gasteiger partial charge in [-0.15, -0.1) is 0 Å². The van der Waals surface area contributed by atoms with Crippen LogP contribution in [0.15, 0.2) is 0 Å². The maximum Gasteiger partial charge on any atom is 0.426 e. The number of carbonyl (C=O) groups excluding carboxylic acids is 1. The zero-order valence-electron chi connectivity index (χ0n) is 9.89. The Labute approximate surface area is 93.4 Å². The van der Waals surface area contributed by atoms with Gasteiger partial charge in [-0.25, -0.2) is 10.5 Å². The molecule has 0 aliphatic carbocycles. The van der Waals surface area contributed by atoms with Gasteiger partial charge in [0.15, 0.2) is 0 Å². The molecule has 15 heavy (non-hydrogen) atoms. The summed E-state index contributed by atoms with van der Waals surface area (Å²) in [4.78, 5) is 10.1. The van der Waals surface area contributed by atoms with E-state index in [9.17, 15) is 4.79 Å². The van der Waals surface area contributed by atoms with Crippen LogP contribution in [0, 0.1) is 0 Å². The second-order valence-corrected chi connectivity index (χ2v) is 3.96. The summed E-state index contributed by atoms with van der Waals surface area (Å²) in [5.41, 5.74) is 6.53. The predicted octanol–water partition coefficient (Wildman–Crippen LogP) is 3.94. The van der Waals surface area contributed by atoms with Crippen LogP contribution in [0.4, 0.5) is 4.79 Å². The van der Waals surface area contributed by atoms with Crippen molar-refractivity contribution < 1.29 is 9.53 Å². The van der Waals surface area contributed by atoms with E-state index in [1.165, 1.54) is 44.9 Å². The first kappa shape index (κ1) is 14.3. The number of unbranched alkanes of at least 4 members (excludes halogenated alkanes) is 8. The molecule has 0 bridgehead atoms. The minimum absolute atomic E-state index is 0.415. The Morgan fingerprint density at radius 2 is 1.40 bits per heavy atom. The summed E-state index contributed by atoms with van der Waals surface area (Å²) in [6.45, 7) is 2.64. The third-order valence-electron chi connectivity index (χ3n) is 2.48. The Hall–Kier alpha value is -0.730. The molecule has 1 radical (unpaired) electrons. The van der Waals surface area contributed by atoms with Gasteiger partial charge < -0.3 is 4.74 Å². The normalized spacial score (nSPS) is 10.2. The summed E-state index contributed by atoms with van der Waals surface area (Å²) < 4.78 is 4.53. The third kappa shape index (κ3) is 13.3. The van der Waals surface area contributed by atoms with Crippen LogP contribution in [0.1, 0.15) is 64.7 Å². The smallest absolute Gasteiger partial charge is 0.426 e. The molecule has 1 amide bonds. The lowest BCUT2D eigenvalue weighted by atomic mass is 10.1. The third-order valence-corrected chi connectivity index (χ3v) is 2.48. The van der Waals surface area contributed by atoms with Gasteiger partial charge in [-0.05, 0) is 6.42 Å². The molecular formula is C12H24NO2. The summed E-state index contributed by atoms with van der Waals surface area (Å²) in [6.07, 6.45) is 10.3. The summed E-state index contributed by atoms with van der Waals surface area (Å²) >= 11 is 0. The second-order valence-electron chi connectivity index (χ2n) is 3.96. The highest BCUT2D eigenvalue weighted by molar-refractivity contribution is 5.63. The van der Waals surface area contributed by atoms with E-state index >= 15 is 0 Å². The zero-order chi connectivity index (χ0) is 11.4. The first-order valence-electron chi connectivity index (χ1n) is 6.15. The standard InChI is InChI=1S/C12H24NO2/c1-2-3-4-5-6-7-8-9-10-11-15-12(13)14/h13H,2-11H2,1H3. The van der Waals surface area contributed by atoms with Crippen molar-refractivity contribution in [2.45, 2.75) is 64.7 Å². The topological polar surface area (TPSA) is 50.1 Å². The molecule has 0 rings (SSSR count). The quantitative estimate of drug-likeness (QED) is 0.517. The first-order chi connectivity index (χ1) is 7.27. The molecule has 1 N–H and O–H groups in total.